The van der Waals surface area contributed by atoms with Crippen LogP contribution in [0.3, 0.4) is 0 Å². The zero-order valence-corrected chi connectivity index (χ0v) is 9.68. The highest BCUT2D eigenvalue weighted by Gasteiger charge is 2.15. The zero-order valence-electron chi connectivity index (χ0n) is 8.17. The second-order valence-corrected chi connectivity index (χ2v) is 4.06. The van der Waals surface area contributed by atoms with E-state index in [0.29, 0.717) is 0 Å². The summed E-state index contributed by atoms with van der Waals surface area (Å²) in [6.45, 7) is 0. The van der Waals surface area contributed by atoms with E-state index >= 15 is 0 Å². The molecule has 1 aromatic carbocycles. The number of H-pyrrole nitrogens is 1. The van der Waals surface area contributed by atoms with Crippen LogP contribution in [-0.2, 0) is 0 Å². The van der Waals surface area contributed by atoms with E-state index in [0.717, 1.165) is 0 Å². The first-order chi connectivity index (χ1) is 7.99. The van der Waals surface area contributed by atoms with Gasteiger partial charge >= 0.3 is 5.97 Å². The lowest BCUT2D eigenvalue weighted by atomic mass is 10.1. The molecule has 2 aromatic rings. The van der Waals surface area contributed by atoms with E-state index in [9.17, 15) is 9.18 Å². The van der Waals surface area contributed by atoms with Gasteiger partial charge in [0.15, 0.2) is 5.82 Å². The van der Waals surface area contributed by atoms with Crippen molar-refractivity contribution in [2.24, 2.45) is 0 Å². The van der Waals surface area contributed by atoms with Crippen molar-refractivity contribution in [3.05, 3.63) is 39.8 Å². The van der Waals surface area contributed by atoms with Crippen LogP contribution in [0.4, 0.5) is 4.39 Å². The summed E-state index contributed by atoms with van der Waals surface area (Å²) in [4.78, 5) is 10.6. The smallest absolute Gasteiger partial charge is 0.353 e. The number of hydrogen-bond donors (Lipinski definition) is 2. The summed E-state index contributed by atoms with van der Waals surface area (Å²) in [5, 5.41) is 14.8. The molecule has 17 heavy (non-hydrogen) atoms. The number of nitrogens with one attached hydrogen (secondary N) is 1. The summed E-state index contributed by atoms with van der Waals surface area (Å²) in [6.07, 6.45) is 0. The van der Waals surface area contributed by atoms with Crippen LogP contribution in [0.15, 0.2) is 18.2 Å². The highest BCUT2D eigenvalue weighted by atomic mass is 35.5. The van der Waals surface area contributed by atoms with Crippen molar-refractivity contribution in [2.75, 3.05) is 0 Å². The molecule has 0 aliphatic heterocycles. The summed E-state index contributed by atoms with van der Waals surface area (Å²) in [5.41, 5.74) is 0.0334. The lowest BCUT2D eigenvalue weighted by Crippen LogP contribution is -1.95. The maximum Gasteiger partial charge on any atom is 0.353 e. The highest BCUT2D eigenvalue weighted by Crippen LogP contribution is 2.30. The number of halogens is 3. The molecule has 4 nitrogen and oxygen atoms in total. The van der Waals surface area contributed by atoms with Gasteiger partial charge in [-0.2, -0.15) is 5.10 Å². The van der Waals surface area contributed by atoms with Crippen LogP contribution < -0.4 is 0 Å². The van der Waals surface area contributed by atoms with Crippen molar-refractivity contribution in [3.63, 3.8) is 0 Å². The molecule has 0 aliphatic rings. The summed E-state index contributed by atoms with van der Waals surface area (Å²) < 4.78 is 13.7. The van der Waals surface area contributed by atoms with Gasteiger partial charge in [-0.3, -0.25) is 5.10 Å². The Kier molecular flexibility index (Phi) is 3.04. The quantitative estimate of drug-likeness (QED) is 0.827. The number of aromatic nitrogens is 2. The molecule has 0 saturated carbocycles. The standard InChI is InChI=1S/C10H5Cl2FN2O2/c11-4-1-5(9(13)6(12)2-4)7-3-8(10(16)17)15-14-7/h1-3H,(H,14,15)(H,16,17). The number of benzene rings is 1. The molecular formula is C10H5Cl2FN2O2. The fourth-order valence-corrected chi connectivity index (χ4v) is 1.81. The average Bonchev–Trinajstić information content (AvgIpc) is 2.72. The molecule has 2 rings (SSSR count). The van der Waals surface area contributed by atoms with Crippen LogP contribution >= 0.6 is 23.2 Å². The molecule has 0 atom stereocenters. The Morgan fingerprint density at radius 1 is 1.35 bits per heavy atom. The maximum absolute atomic E-state index is 13.7. The van der Waals surface area contributed by atoms with E-state index in [2.05, 4.69) is 10.2 Å². The third kappa shape index (κ3) is 2.25. The van der Waals surface area contributed by atoms with Crippen molar-refractivity contribution in [1.29, 1.82) is 0 Å². The SMILES string of the molecule is O=C(O)c1cc(-c2cc(Cl)cc(Cl)c2F)n[nH]1. The molecule has 0 unspecified atom stereocenters. The minimum absolute atomic E-state index is 0.0475. The molecule has 0 bridgehead atoms. The zero-order chi connectivity index (χ0) is 12.6. The van der Waals surface area contributed by atoms with Crippen molar-refractivity contribution >= 4 is 29.2 Å². The summed E-state index contributed by atoms with van der Waals surface area (Å²) in [7, 11) is 0. The number of hydrogen-bond acceptors (Lipinski definition) is 2. The van der Waals surface area contributed by atoms with Gasteiger partial charge in [-0.15, -0.1) is 0 Å². The average molecular weight is 275 g/mol. The summed E-state index contributed by atoms with van der Waals surface area (Å²) >= 11 is 11.4. The third-order valence-corrected chi connectivity index (χ3v) is 2.57. The Hall–Kier alpha value is -1.59. The van der Waals surface area contributed by atoms with E-state index in [-0.39, 0.29) is 27.0 Å². The minimum Gasteiger partial charge on any atom is -0.477 e. The molecule has 1 heterocycles. The maximum atomic E-state index is 13.7. The predicted molar refractivity (Wildman–Crippen MR) is 61.0 cm³/mol. The van der Waals surface area contributed by atoms with E-state index < -0.39 is 11.8 Å². The van der Waals surface area contributed by atoms with Crippen LogP contribution in [0.1, 0.15) is 10.5 Å². The molecule has 0 saturated heterocycles. The van der Waals surface area contributed by atoms with Gasteiger partial charge in [0.1, 0.15) is 5.69 Å². The van der Waals surface area contributed by atoms with E-state index in [1.54, 1.807) is 0 Å². The van der Waals surface area contributed by atoms with Crippen LogP contribution in [0, 0.1) is 5.82 Å². The third-order valence-electron chi connectivity index (χ3n) is 2.08. The Bertz CT molecular complexity index is 598. The number of carbonyl (C=O) groups is 1. The molecule has 7 heteroatoms. The lowest BCUT2D eigenvalue weighted by molar-refractivity contribution is 0.0690. The Morgan fingerprint density at radius 3 is 2.65 bits per heavy atom. The van der Waals surface area contributed by atoms with Crippen LogP contribution in [0.2, 0.25) is 10.0 Å². The fraction of sp³-hybridized carbons (Fsp3) is 0. The Balaban J connectivity index is 2.56. The van der Waals surface area contributed by atoms with Crippen molar-refractivity contribution in [3.8, 4) is 11.3 Å². The van der Waals surface area contributed by atoms with E-state index in [1.807, 2.05) is 0 Å². The van der Waals surface area contributed by atoms with Crippen molar-refractivity contribution in [2.45, 2.75) is 0 Å². The van der Waals surface area contributed by atoms with Gasteiger partial charge < -0.3 is 5.11 Å². The van der Waals surface area contributed by atoms with Gasteiger partial charge in [0.05, 0.1) is 10.7 Å². The molecule has 2 N–H and O–H groups in total. The topological polar surface area (TPSA) is 66.0 Å². The van der Waals surface area contributed by atoms with Gasteiger partial charge in [-0.1, -0.05) is 23.2 Å². The number of aromatic carboxylic acids is 1. The van der Waals surface area contributed by atoms with Gasteiger partial charge in [-0.05, 0) is 18.2 Å². The molecule has 1 aromatic heterocycles. The predicted octanol–water partition coefficient (Wildman–Crippen LogP) is 3.22. The number of carboxylic acid groups (broad SMARTS) is 1. The number of rotatable bonds is 2. The molecular weight excluding hydrogens is 270 g/mol. The Morgan fingerprint density at radius 2 is 2.06 bits per heavy atom. The lowest BCUT2D eigenvalue weighted by Gasteiger charge is -2.02. The Labute approximate surface area is 105 Å². The van der Waals surface area contributed by atoms with E-state index in [4.69, 9.17) is 28.3 Å². The largest absolute Gasteiger partial charge is 0.477 e. The monoisotopic (exact) mass is 274 g/mol. The van der Waals surface area contributed by atoms with Crippen LogP contribution in [0.25, 0.3) is 11.3 Å². The number of aromatic amines is 1. The van der Waals surface area contributed by atoms with Gasteiger partial charge in [-0.25, -0.2) is 9.18 Å². The minimum atomic E-state index is -1.18. The van der Waals surface area contributed by atoms with Gasteiger partial charge in [0, 0.05) is 10.6 Å². The van der Waals surface area contributed by atoms with Crippen LogP contribution in [0.5, 0.6) is 0 Å². The second kappa shape index (κ2) is 4.35. The van der Waals surface area contributed by atoms with Crippen molar-refractivity contribution < 1.29 is 14.3 Å². The number of nitrogens with zero attached hydrogens (tertiary/aromatic N) is 1. The first-order valence-corrected chi connectivity index (χ1v) is 5.18. The first kappa shape index (κ1) is 11.9. The second-order valence-electron chi connectivity index (χ2n) is 3.22. The summed E-state index contributed by atoms with van der Waals surface area (Å²) in [6, 6.07) is 3.78. The molecule has 0 amide bonds. The normalized spacial score (nSPS) is 10.5. The van der Waals surface area contributed by atoms with Crippen molar-refractivity contribution in [1.82, 2.24) is 10.2 Å². The molecule has 0 fully saturated rings. The highest BCUT2D eigenvalue weighted by molar-refractivity contribution is 6.35. The summed E-state index contributed by atoms with van der Waals surface area (Å²) in [5.74, 6) is -1.88. The number of carboxylic acids is 1. The van der Waals surface area contributed by atoms with Gasteiger partial charge in [0.25, 0.3) is 0 Å². The fourth-order valence-electron chi connectivity index (χ4n) is 1.31. The molecule has 0 spiro atoms. The van der Waals surface area contributed by atoms with Crippen LogP contribution in [-0.4, -0.2) is 21.3 Å². The first-order valence-electron chi connectivity index (χ1n) is 4.42. The molecule has 0 radical (unpaired) electrons. The molecule has 0 aliphatic carbocycles. The molecule has 88 valence electrons. The van der Waals surface area contributed by atoms with E-state index in [1.165, 1.54) is 18.2 Å². The van der Waals surface area contributed by atoms with Gasteiger partial charge in [0.2, 0.25) is 0 Å².